The second kappa shape index (κ2) is 9.05. The van der Waals surface area contributed by atoms with Gasteiger partial charge in [-0.25, -0.2) is 4.79 Å². The molecule has 1 aliphatic rings. The van der Waals surface area contributed by atoms with E-state index in [0.29, 0.717) is 23.7 Å². The number of urea groups is 1. The smallest absolute Gasteiger partial charge is 0.319 e. The molecule has 2 heterocycles. The zero-order valence-electron chi connectivity index (χ0n) is 17.0. The lowest BCUT2D eigenvalue weighted by molar-refractivity contribution is 0.0671. The van der Waals surface area contributed by atoms with Crippen LogP contribution < -0.4 is 10.6 Å². The fourth-order valence-corrected chi connectivity index (χ4v) is 3.62. The van der Waals surface area contributed by atoms with Crippen LogP contribution >= 0.6 is 0 Å². The first-order chi connectivity index (χ1) is 14.6. The molecule has 6 nitrogen and oxygen atoms in total. The van der Waals surface area contributed by atoms with Gasteiger partial charge in [0.25, 0.3) is 0 Å². The summed E-state index contributed by atoms with van der Waals surface area (Å²) in [5.41, 5.74) is 4.19. The predicted octanol–water partition coefficient (Wildman–Crippen LogP) is 4.65. The number of ketones is 1. The second-order valence-electron chi connectivity index (χ2n) is 7.66. The highest BCUT2D eigenvalue weighted by Crippen LogP contribution is 2.25. The highest BCUT2D eigenvalue weighted by atomic mass is 16.5. The summed E-state index contributed by atoms with van der Waals surface area (Å²) >= 11 is 0. The Balaban J connectivity index is 1.42. The molecule has 30 heavy (non-hydrogen) atoms. The molecule has 0 atom stereocenters. The van der Waals surface area contributed by atoms with Crippen molar-refractivity contribution in [1.29, 1.82) is 0 Å². The lowest BCUT2D eigenvalue weighted by Crippen LogP contribution is -2.35. The summed E-state index contributed by atoms with van der Waals surface area (Å²) in [6.45, 7) is 3.76. The molecule has 0 aliphatic carbocycles. The van der Waals surface area contributed by atoms with Crippen molar-refractivity contribution in [3.05, 3.63) is 60.3 Å². The number of anilines is 1. The molecule has 0 saturated carbocycles. The molecule has 154 valence electrons. The largest absolute Gasteiger partial charge is 0.381 e. The third-order valence-corrected chi connectivity index (χ3v) is 5.46. The summed E-state index contributed by atoms with van der Waals surface area (Å²) in [7, 11) is 0. The van der Waals surface area contributed by atoms with Crippen LogP contribution in [0.4, 0.5) is 10.5 Å². The molecule has 1 saturated heterocycles. The Kier molecular flexibility index (Phi) is 6.05. The summed E-state index contributed by atoms with van der Waals surface area (Å²) in [6, 6.07) is 15.1. The lowest BCUT2D eigenvalue weighted by atomic mass is 10.0. The molecule has 2 amide bonds. The number of Topliss-reactive ketones (excluding diaryl/α,β-unsaturated/α-hetero) is 1. The second-order valence-corrected chi connectivity index (χ2v) is 7.66. The molecule has 2 N–H and O–H groups in total. The minimum absolute atomic E-state index is 0.0509. The SMILES string of the molecule is CC(=O)c1ccc(-c2cnc3cc(NC(=O)NCC4CCOCC4)ccc3c2)cc1. The molecule has 4 rings (SSSR count). The normalized spacial score (nSPS) is 14.4. The molecule has 6 heteroatoms. The van der Waals surface area contributed by atoms with Gasteiger partial charge in [-0.2, -0.15) is 0 Å². The van der Waals surface area contributed by atoms with Crippen molar-refractivity contribution in [1.82, 2.24) is 10.3 Å². The summed E-state index contributed by atoms with van der Waals surface area (Å²) < 4.78 is 5.35. The minimum atomic E-state index is -0.206. The van der Waals surface area contributed by atoms with Gasteiger partial charge in [-0.3, -0.25) is 9.78 Å². The van der Waals surface area contributed by atoms with Gasteiger partial charge in [0.15, 0.2) is 5.78 Å². The van der Waals surface area contributed by atoms with Crippen LogP contribution in [-0.2, 0) is 4.74 Å². The van der Waals surface area contributed by atoms with E-state index in [1.54, 1.807) is 13.1 Å². The van der Waals surface area contributed by atoms with E-state index in [1.807, 2.05) is 42.5 Å². The van der Waals surface area contributed by atoms with Crippen LogP contribution in [0.15, 0.2) is 54.7 Å². The van der Waals surface area contributed by atoms with E-state index in [2.05, 4.69) is 21.7 Å². The summed E-state index contributed by atoms with van der Waals surface area (Å²) in [5, 5.41) is 6.81. The number of aromatic nitrogens is 1. The number of pyridine rings is 1. The molecular weight excluding hydrogens is 378 g/mol. The van der Waals surface area contributed by atoms with E-state index in [4.69, 9.17) is 4.74 Å². The number of nitrogens with zero attached hydrogens (tertiary/aromatic N) is 1. The van der Waals surface area contributed by atoms with E-state index in [9.17, 15) is 9.59 Å². The number of ether oxygens (including phenoxy) is 1. The number of hydrogen-bond donors (Lipinski definition) is 2. The Morgan fingerprint density at radius 1 is 1.03 bits per heavy atom. The number of carbonyl (C=O) groups excluding carboxylic acids is 2. The Bertz CT molecular complexity index is 1060. The van der Waals surface area contributed by atoms with Crippen LogP contribution in [0.1, 0.15) is 30.1 Å². The van der Waals surface area contributed by atoms with Crippen LogP contribution in [-0.4, -0.2) is 36.6 Å². The minimum Gasteiger partial charge on any atom is -0.381 e. The number of amides is 2. The number of benzene rings is 2. The van der Waals surface area contributed by atoms with Crippen molar-refractivity contribution in [3.63, 3.8) is 0 Å². The Morgan fingerprint density at radius 3 is 2.53 bits per heavy atom. The fraction of sp³-hybridized carbons (Fsp3) is 0.292. The summed E-state index contributed by atoms with van der Waals surface area (Å²) in [6.07, 6.45) is 3.78. The first kappa shape index (κ1) is 20.0. The Labute approximate surface area is 175 Å². The summed E-state index contributed by atoms with van der Waals surface area (Å²) in [4.78, 5) is 28.2. The maximum Gasteiger partial charge on any atom is 0.319 e. The van der Waals surface area contributed by atoms with E-state index in [1.165, 1.54) is 0 Å². The van der Waals surface area contributed by atoms with Gasteiger partial charge in [-0.15, -0.1) is 0 Å². The number of nitrogens with one attached hydrogen (secondary N) is 2. The monoisotopic (exact) mass is 403 g/mol. The van der Waals surface area contributed by atoms with Gasteiger partial charge in [0, 0.05) is 48.2 Å². The van der Waals surface area contributed by atoms with E-state index >= 15 is 0 Å². The highest BCUT2D eigenvalue weighted by molar-refractivity contribution is 5.95. The number of rotatable bonds is 5. The van der Waals surface area contributed by atoms with Crippen molar-refractivity contribution in [3.8, 4) is 11.1 Å². The average molecular weight is 403 g/mol. The van der Waals surface area contributed by atoms with E-state index in [-0.39, 0.29) is 11.8 Å². The Morgan fingerprint density at radius 2 is 1.80 bits per heavy atom. The highest BCUT2D eigenvalue weighted by Gasteiger charge is 2.14. The predicted molar refractivity (Wildman–Crippen MR) is 118 cm³/mol. The number of hydrogen-bond acceptors (Lipinski definition) is 4. The molecule has 0 radical (unpaired) electrons. The number of carbonyl (C=O) groups is 2. The van der Waals surface area contributed by atoms with Gasteiger partial charge in [0.05, 0.1) is 5.52 Å². The zero-order chi connectivity index (χ0) is 20.9. The van der Waals surface area contributed by atoms with Crippen molar-refractivity contribution in [2.24, 2.45) is 5.92 Å². The molecule has 3 aromatic rings. The van der Waals surface area contributed by atoms with Gasteiger partial charge in [-0.1, -0.05) is 30.3 Å². The summed E-state index contributed by atoms with van der Waals surface area (Å²) in [5.74, 6) is 0.528. The van der Waals surface area contributed by atoms with Crippen LogP contribution in [0, 0.1) is 5.92 Å². The Hall–Kier alpha value is -3.25. The van der Waals surface area contributed by atoms with Crippen molar-refractivity contribution >= 4 is 28.4 Å². The molecule has 1 fully saturated rings. The van der Waals surface area contributed by atoms with E-state index < -0.39 is 0 Å². The zero-order valence-corrected chi connectivity index (χ0v) is 17.0. The fourth-order valence-electron chi connectivity index (χ4n) is 3.62. The van der Waals surface area contributed by atoms with Crippen LogP contribution in [0.5, 0.6) is 0 Å². The molecule has 0 unspecified atom stereocenters. The van der Waals surface area contributed by atoms with Gasteiger partial charge in [0.1, 0.15) is 0 Å². The maximum absolute atomic E-state index is 12.2. The van der Waals surface area contributed by atoms with Crippen molar-refractivity contribution in [2.75, 3.05) is 25.1 Å². The van der Waals surface area contributed by atoms with Gasteiger partial charge >= 0.3 is 6.03 Å². The van der Waals surface area contributed by atoms with Gasteiger partial charge < -0.3 is 15.4 Å². The number of fused-ring (bicyclic) bond motifs is 1. The van der Waals surface area contributed by atoms with Crippen LogP contribution in [0.25, 0.3) is 22.0 Å². The third-order valence-electron chi connectivity index (χ3n) is 5.46. The maximum atomic E-state index is 12.2. The van der Waals surface area contributed by atoms with Gasteiger partial charge in [0.2, 0.25) is 0 Å². The molecule has 1 aromatic heterocycles. The van der Waals surface area contributed by atoms with Gasteiger partial charge in [-0.05, 0) is 49.4 Å². The van der Waals surface area contributed by atoms with Crippen molar-refractivity contribution in [2.45, 2.75) is 19.8 Å². The molecule has 0 bridgehead atoms. The molecule has 0 spiro atoms. The molecule has 2 aromatic carbocycles. The third kappa shape index (κ3) is 4.83. The topological polar surface area (TPSA) is 80.3 Å². The van der Waals surface area contributed by atoms with E-state index in [0.717, 1.165) is 48.1 Å². The quantitative estimate of drug-likeness (QED) is 0.608. The lowest BCUT2D eigenvalue weighted by Gasteiger charge is -2.22. The van der Waals surface area contributed by atoms with Crippen LogP contribution in [0.2, 0.25) is 0 Å². The van der Waals surface area contributed by atoms with Crippen molar-refractivity contribution < 1.29 is 14.3 Å². The standard InChI is InChI=1S/C24H25N3O3/c1-16(28)18-2-4-19(5-3-18)21-12-20-6-7-22(13-23(20)25-15-21)27-24(29)26-14-17-8-10-30-11-9-17/h2-7,12-13,15,17H,8-11,14H2,1H3,(H2,26,27,29). The average Bonchev–Trinajstić information content (AvgIpc) is 2.78. The first-order valence-corrected chi connectivity index (χ1v) is 10.2. The van der Waals surface area contributed by atoms with Crippen LogP contribution in [0.3, 0.4) is 0 Å². The first-order valence-electron chi connectivity index (χ1n) is 10.2. The molecule has 1 aliphatic heterocycles. The molecular formula is C24H25N3O3.